The van der Waals surface area contributed by atoms with E-state index in [1.54, 1.807) is 0 Å². The highest BCUT2D eigenvalue weighted by Gasteiger charge is 2.24. The second-order valence-electron chi connectivity index (χ2n) is 8.54. The molecular formula is C24H39FIN5O2. The van der Waals surface area contributed by atoms with Crippen LogP contribution in [0.1, 0.15) is 51.1 Å². The van der Waals surface area contributed by atoms with E-state index in [9.17, 15) is 9.18 Å². The van der Waals surface area contributed by atoms with Crippen LogP contribution < -0.4 is 10.6 Å². The molecule has 2 fully saturated rings. The fraction of sp³-hybridized carbons (Fsp3) is 0.667. The fourth-order valence-electron chi connectivity index (χ4n) is 4.43. The average Bonchev–Trinajstić information content (AvgIpc) is 2.81. The summed E-state index contributed by atoms with van der Waals surface area (Å²) in [5.41, 5.74) is 1.04. The molecule has 2 heterocycles. The first-order valence-electron chi connectivity index (χ1n) is 12.0. The number of guanidine groups is 1. The lowest BCUT2D eigenvalue weighted by Gasteiger charge is -2.34. The lowest BCUT2D eigenvalue weighted by molar-refractivity contribution is -0.134. The van der Waals surface area contributed by atoms with Crippen molar-refractivity contribution in [2.24, 2.45) is 4.99 Å². The van der Waals surface area contributed by atoms with Gasteiger partial charge in [-0.2, -0.15) is 0 Å². The highest BCUT2D eigenvalue weighted by atomic mass is 127. The molecule has 9 heteroatoms. The number of halogens is 2. The van der Waals surface area contributed by atoms with Crippen LogP contribution in [0, 0.1) is 5.82 Å². The maximum absolute atomic E-state index is 13.5. The van der Waals surface area contributed by atoms with Crippen molar-refractivity contribution >= 4 is 35.8 Å². The maximum Gasteiger partial charge on any atom is 0.224 e. The molecule has 2 unspecified atom stereocenters. The number of hydrogen-bond acceptors (Lipinski definition) is 4. The maximum atomic E-state index is 13.5. The molecule has 0 aromatic heterocycles. The van der Waals surface area contributed by atoms with Crippen LogP contribution in [0.3, 0.4) is 0 Å². The summed E-state index contributed by atoms with van der Waals surface area (Å²) in [6.45, 7) is 9.88. The standard InChI is InChI=1S/C24H38FN5O2.HI/c1-3-26-24(27-12-11-23(31)30-13-5-4-6-19(30)2)28-18-22(29-14-16-32-17-15-29)20-7-9-21(25)10-8-20;/h7-10,19,22H,3-6,11-18H2,1-2H3,(H2,26,27,28);1H. The second kappa shape index (κ2) is 14.7. The van der Waals surface area contributed by atoms with Crippen LogP contribution in [0.4, 0.5) is 4.39 Å². The zero-order valence-corrected chi connectivity index (χ0v) is 22.2. The minimum atomic E-state index is -0.235. The van der Waals surface area contributed by atoms with Gasteiger partial charge in [-0.05, 0) is 50.8 Å². The lowest BCUT2D eigenvalue weighted by atomic mass is 10.0. The Hall–Kier alpha value is -1.46. The Morgan fingerprint density at radius 2 is 1.91 bits per heavy atom. The molecule has 2 saturated heterocycles. The summed E-state index contributed by atoms with van der Waals surface area (Å²) >= 11 is 0. The van der Waals surface area contributed by atoms with E-state index in [1.165, 1.54) is 18.6 Å². The predicted molar refractivity (Wildman–Crippen MR) is 141 cm³/mol. The van der Waals surface area contributed by atoms with Crippen molar-refractivity contribution in [3.05, 3.63) is 35.6 Å². The zero-order valence-electron chi connectivity index (χ0n) is 19.9. The van der Waals surface area contributed by atoms with Crippen molar-refractivity contribution in [2.45, 2.75) is 51.6 Å². The van der Waals surface area contributed by atoms with Gasteiger partial charge in [-0.1, -0.05) is 12.1 Å². The zero-order chi connectivity index (χ0) is 22.8. The van der Waals surface area contributed by atoms with E-state index in [0.717, 1.165) is 44.6 Å². The Bertz CT molecular complexity index is 743. The molecule has 7 nitrogen and oxygen atoms in total. The summed E-state index contributed by atoms with van der Waals surface area (Å²) in [4.78, 5) is 21.8. The van der Waals surface area contributed by atoms with Gasteiger partial charge >= 0.3 is 0 Å². The molecule has 3 rings (SSSR count). The SMILES string of the molecule is CCNC(=NCC(c1ccc(F)cc1)N1CCOCC1)NCCC(=O)N1CCCCC1C.I. The summed E-state index contributed by atoms with van der Waals surface area (Å²) in [5, 5.41) is 6.59. The fourth-order valence-corrected chi connectivity index (χ4v) is 4.43. The van der Waals surface area contributed by atoms with Crippen LogP contribution >= 0.6 is 24.0 Å². The summed E-state index contributed by atoms with van der Waals surface area (Å²) in [5.74, 6) is 0.672. The molecule has 0 saturated carbocycles. The topological polar surface area (TPSA) is 69.2 Å². The number of carbonyl (C=O) groups excluding carboxylic acids is 1. The first kappa shape index (κ1) is 27.8. The van der Waals surface area contributed by atoms with E-state index >= 15 is 0 Å². The van der Waals surface area contributed by atoms with Gasteiger partial charge in [0.1, 0.15) is 5.82 Å². The van der Waals surface area contributed by atoms with Crippen molar-refractivity contribution < 1.29 is 13.9 Å². The Morgan fingerprint density at radius 1 is 1.18 bits per heavy atom. The van der Waals surface area contributed by atoms with E-state index < -0.39 is 0 Å². The number of aliphatic imine (C=N–C) groups is 1. The Labute approximate surface area is 214 Å². The molecular weight excluding hydrogens is 536 g/mol. The van der Waals surface area contributed by atoms with Crippen molar-refractivity contribution in [2.75, 3.05) is 52.5 Å². The van der Waals surface area contributed by atoms with Crippen molar-refractivity contribution in [3.8, 4) is 0 Å². The minimum absolute atomic E-state index is 0. The minimum Gasteiger partial charge on any atom is -0.379 e. The van der Waals surface area contributed by atoms with Gasteiger partial charge in [0.05, 0.1) is 25.8 Å². The largest absolute Gasteiger partial charge is 0.379 e. The molecule has 33 heavy (non-hydrogen) atoms. The van der Waals surface area contributed by atoms with Crippen molar-refractivity contribution in [3.63, 3.8) is 0 Å². The van der Waals surface area contributed by atoms with E-state index in [1.807, 2.05) is 24.0 Å². The Balaban J connectivity index is 0.00000385. The molecule has 1 amide bonds. The normalized spacial score (nSPS) is 20.6. The number of morpholine rings is 1. The average molecular weight is 576 g/mol. The second-order valence-corrected chi connectivity index (χ2v) is 8.54. The smallest absolute Gasteiger partial charge is 0.224 e. The van der Waals surface area contributed by atoms with Crippen LogP contribution in [0.2, 0.25) is 0 Å². The summed E-state index contributed by atoms with van der Waals surface area (Å²) in [7, 11) is 0. The summed E-state index contributed by atoms with van der Waals surface area (Å²) in [6, 6.07) is 7.06. The third-order valence-corrected chi connectivity index (χ3v) is 6.26. The van der Waals surface area contributed by atoms with E-state index in [0.29, 0.717) is 44.7 Å². The van der Waals surface area contributed by atoms with Gasteiger partial charge in [0.2, 0.25) is 5.91 Å². The van der Waals surface area contributed by atoms with Gasteiger partial charge in [0.15, 0.2) is 5.96 Å². The molecule has 186 valence electrons. The summed E-state index contributed by atoms with van der Waals surface area (Å²) in [6.07, 6.45) is 3.86. The van der Waals surface area contributed by atoms with E-state index in [4.69, 9.17) is 9.73 Å². The van der Waals surface area contributed by atoms with Crippen molar-refractivity contribution in [1.82, 2.24) is 20.4 Å². The predicted octanol–water partition coefficient (Wildman–Crippen LogP) is 3.16. The number of nitrogens with zero attached hydrogens (tertiary/aromatic N) is 3. The van der Waals surface area contributed by atoms with E-state index in [-0.39, 0.29) is 41.7 Å². The molecule has 0 bridgehead atoms. The lowest BCUT2D eigenvalue weighted by Crippen LogP contribution is -2.44. The van der Waals surface area contributed by atoms with Gasteiger partial charge in [-0.15, -0.1) is 24.0 Å². The molecule has 1 aromatic carbocycles. The summed E-state index contributed by atoms with van der Waals surface area (Å²) < 4.78 is 19.0. The number of piperidine rings is 1. The molecule has 0 spiro atoms. The number of likely N-dealkylation sites (tertiary alicyclic amines) is 1. The molecule has 0 aliphatic carbocycles. The first-order chi connectivity index (χ1) is 15.6. The van der Waals surface area contributed by atoms with Crippen LogP contribution in [-0.4, -0.2) is 80.2 Å². The van der Waals surface area contributed by atoms with Crippen LogP contribution in [0.25, 0.3) is 0 Å². The monoisotopic (exact) mass is 575 g/mol. The van der Waals surface area contributed by atoms with Crippen molar-refractivity contribution in [1.29, 1.82) is 0 Å². The number of amides is 1. The molecule has 2 N–H and O–H groups in total. The molecule has 2 aliphatic heterocycles. The van der Waals surface area contributed by atoms with Crippen LogP contribution in [-0.2, 0) is 9.53 Å². The highest BCUT2D eigenvalue weighted by Crippen LogP contribution is 2.23. The van der Waals surface area contributed by atoms with Gasteiger partial charge < -0.3 is 20.3 Å². The number of ether oxygens (including phenoxy) is 1. The number of rotatable bonds is 8. The van der Waals surface area contributed by atoms with Gasteiger partial charge in [-0.25, -0.2) is 4.39 Å². The molecule has 0 radical (unpaired) electrons. The first-order valence-corrected chi connectivity index (χ1v) is 12.0. The third kappa shape index (κ3) is 8.68. The molecule has 2 aliphatic rings. The molecule has 2 atom stereocenters. The number of hydrogen-bond donors (Lipinski definition) is 2. The number of benzene rings is 1. The van der Waals surface area contributed by atoms with E-state index in [2.05, 4.69) is 22.5 Å². The number of carbonyl (C=O) groups is 1. The van der Waals surface area contributed by atoms with Gasteiger partial charge in [-0.3, -0.25) is 14.7 Å². The van der Waals surface area contributed by atoms with Gasteiger partial charge in [0, 0.05) is 45.2 Å². The van der Waals surface area contributed by atoms with Crippen LogP contribution in [0.15, 0.2) is 29.3 Å². The number of nitrogens with one attached hydrogen (secondary N) is 2. The third-order valence-electron chi connectivity index (χ3n) is 6.26. The Kier molecular flexibility index (Phi) is 12.4. The molecule has 1 aromatic rings. The Morgan fingerprint density at radius 3 is 2.58 bits per heavy atom. The van der Waals surface area contributed by atoms with Gasteiger partial charge in [0.25, 0.3) is 0 Å². The van der Waals surface area contributed by atoms with Crippen LogP contribution in [0.5, 0.6) is 0 Å². The highest BCUT2D eigenvalue weighted by molar-refractivity contribution is 14.0. The quantitative estimate of drug-likeness (QED) is 0.283.